The highest BCUT2D eigenvalue weighted by Crippen LogP contribution is 2.36. The van der Waals surface area contributed by atoms with Crippen LogP contribution in [0.1, 0.15) is 29.0 Å². The topological polar surface area (TPSA) is 59.8 Å². The summed E-state index contributed by atoms with van der Waals surface area (Å²) in [5.74, 6) is 0.722. The summed E-state index contributed by atoms with van der Waals surface area (Å²) in [5, 5.41) is 8.11. The molecule has 0 saturated heterocycles. The van der Waals surface area contributed by atoms with Crippen molar-refractivity contribution in [1.82, 2.24) is 14.8 Å². The molecule has 3 aromatic rings. The number of halogens is 1. The molecule has 0 aliphatic carbocycles. The number of pyridine rings is 1. The maximum absolute atomic E-state index is 12.2. The zero-order chi connectivity index (χ0) is 16.5. The number of carbonyl (C=O) groups is 1. The molecule has 24 heavy (non-hydrogen) atoms. The maximum Gasteiger partial charge on any atom is 0.226 e. The van der Waals surface area contributed by atoms with Gasteiger partial charge in [0.05, 0.1) is 12.7 Å². The number of fused-ring (bicyclic) bond motifs is 1. The van der Waals surface area contributed by atoms with Crippen LogP contribution in [0.2, 0.25) is 5.02 Å². The molecule has 4 rings (SSSR count). The number of nitrogens with zero attached hydrogens (tertiary/aromatic N) is 3. The largest absolute Gasteiger partial charge is 0.311 e. The smallest absolute Gasteiger partial charge is 0.226 e. The predicted octanol–water partition coefficient (Wildman–Crippen LogP) is 3.45. The second-order valence-corrected chi connectivity index (χ2v) is 6.26. The first-order valence-electron chi connectivity index (χ1n) is 7.70. The monoisotopic (exact) mass is 338 g/mol. The molecule has 0 bridgehead atoms. The maximum atomic E-state index is 12.2. The fourth-order valence-electron chi connectivity index (χ4n) is 3.08. The predicted molar refractivity (Wildman–Crippen MR) is 92.1 cm³/mol. The fraction of sp³-hybridized carbons (Fsp3) is 0.167. The number of benzene rings is 1. The van der Waals surface area contributed by atoms with Gasteiger partial charge in [0, 0.05) is 35.3 Å². The number of amides is 1. The van der Waals surface area contributed by atoms with Gasteiger partial charge < -0.3 is 5.32 Å². The lowest BCUT2D eigenvalue weighted by Gasteiger charge is -2.23. The second kappa shape index (κ2) is 6.09. The Morgan fingerprint density at radius 1 is 1.25 bits per heavy atom. The third-order valence-electron chi connectivity index (χ3n) is 4.20. The van der Waals surface area contributed by atoms with Crippen molar-refractivity contribution < 1.29 is 4.79 Å². The van der Waals surface area contributed by atoms with Gasteiger partial charge in [-0.3, -0.25) is 9.78 Å². The normalized spacial score (nSPS) is 16.5. The van der Waals surface area contributed by atoms with E-state index in [4.69, 9.17) is 11.6 Å². The van der Waals surface area contributed by atoms with Gasteiger partial charge in [0.15, 0.2) is 0 Å². The van der Waals surface area contributed by atoms with Crippen molar-refractivity contribution in [3.8, 4) is 0 Å². The van der Waals surface area contributed by atoms with Gasteiger partial charge >= 0.3 is 0 Å². The molecule has 0 radical (unpaired) electrons. The van der Waals surface area contributed by atoms with Crippen molar-refractivity contribution in [3.05, 3.63) is 76.7 Å². The van der Waals surface area contributed by atoms with Crippen LogP contribution in [0.3, 0.4) is 0 Å². The van der Waals surface area contributed by atoms with Crippen LogP contribution in [0.4, 0.5) is 5.82 Å². The van der Waals surface area contributed by atoms with E-state index in [9.17, 15) is 4.79 Å². The molecule has 1 aliphatic heterocycles. The van der Waals surface area contributed by atoms with Crippen LogP contribution in [-0.2, 0) is 11.3 Å². The van der Waals surface area contributed by atoms with Gasteiger partial charge in [0.2, 0.25) is 5.91 Å². The van der Waals surface area contributed by atoms with Gasteiger partial charge in [0.25, 0.3) is 0 Å². The number of rotatable bonds is 3. The number of aromatic nitrogens is 3. The molecule has 3 heterocycles. The molecule has 0 saturated carbocycles. The number of hydrogen-bond donors (Lipinski definition) is 1. The first kappa shape index (κ1) is 14.9. The SMILES string of the molecule is O=C1CC(c2cccnc2)c2cnn(Cc3cccc(Cl)c3)c2N1. The van der Waals surface area contributed by atoms with E-state index in [1.54, 1.807) is 17.1 Å². The summed E-state index contributed by atoms with van der Waals surface area (Å²) in [7, 11) is 0. The third-order valence-corrected chi connectivity index (χ3v) is 4.43. The van der Waals surface area contributed by atoms with Gasteiger partial charge in [-0.1, -0.05) is 29.8 Å². The van der Waals surface area contributed by atoms with Crippen molar-refractivity contribution >= 4 is 23.3 Å². The molecule has 2 aromatic heterocycles. The average Bonchev–Trinajstić information content (AvgIpc) is 2.98. The van der Waals surface area contributed by atoms with Gasteiger partial charge in [-0.2, -0.15) is 5.10 Å². The van der Waals surface area contributed by atoms with Crippen LogP contribution in [0.25, 0.3) is 0 Å². The molecule has 1 N–H and O–H groups in total. The second-order valence-electron chi connectivity index (χ2n) is 5.83. The first-order valence-corrected chi connectivity index (χ1v) is 8.08. The van der Waals surface area contributed by atoms with Crippen LogP contribution >= 0.6 is 11.6 Å². The van der Waals surface area contributed by atoms with Crippen molar-refractivity contribution in [3.63, 3.8) is 0 Å². The lowest BCUT2D eigenvalue weighted by molar-refractivity contribution is -0.116. The van der Waals surface area contributed by atoms with Crippen molar-refractivity contribution in [2.75, 3.05) is 5.32 Å². The van der Waals surface area contributed by atoms with Crippen LogP contribution < -0.4 is 5.32 Å². The number of carbonyl (C=O) groups excluding carboxylic acids is 1. The van der Waals surface area contributed by atoms with E-state index in [0.29, 0.717) is 18.0 Å². The van der Waals surface area contributed by atoms with E-state index in [0.717, 1.165) is 22.5 Å². The Labute approximate surface area is 144 Å². The quantitative estimate of drug-likeness (QED) is 0.795. The molecule has 1 amide bonds. The van der Waals surface area contributed by atoms with Crippen molar-refractivity contribution in [1.29, 1.82) is 0 Å². The summed E-state index contributed by atoms with van der Waals surface area (Å²) in [6, 6.07) is 11.5. The Balaban J connectivity index is 1.71. The Morgan fingerprint density at radius 2 is 2.17 bits per heavy atom. The zero-order valence-corrected chi connectivity index (χ0v) is 13.6. The molecule has 1 unspecified atom stereocenters. The molecule has 0 fully saturated rings. The molecular formula is C18H15ClN4O. The number of anilines is 1. The minimum absolute atomic E-state index is 0.0100. The van der Waals surface area contributed by atoms with E-state index >= 15 is 0 Å². The number of nitrogens with one attached hydrogen (secondary N) is 1. The molecule has 0 spiro atoms. The van der Waals surface area contributed by atoms with E-state index in [1.165, 1.54) is 0 Å². The molecule has 120 valence electrons. The Morgan fingerprint density at radius 3 is 2.96 bits per heavy atom. The van der Waals surface area contributed by atoms with E-state index in [2.05, 4.69) is 15.4 Å². The highest BCUT2D eigenvalue weighted by atomic mass is 35.5. The molecule has 6 heteroatoms. The van der Waals surface area contributed by atoms with Crippen LogP contribution in [0.15, 0.2) is 55.0 Å². The third kappa shape index (κ3) is 2.78. The Bertz CT molecular complexity index is 891. The summed E-state index contributed by atoms with van der Waals surface area (Å²) in [5.41, 5.74) is 3.08. The van der Waals surface area contributed by atoms with Crippen LogP contribution in [0, 0.1) is 0 Å². The summed E-state index contributed by atoms with van der Waals surface area (Å²) in [6.45, 7) is 0.552. The summed E-state index contributed by atoms with van der Waals surface area (Å²) in [4.78, 5) is 16.3. The lowest BCUT2D eigenvalue weighted by atomic mass is 9.88. The van der Waals surface area contributed by atoms with E-state index in [1.807, 2.05) is 42.6 Å². The molecule has 1 aromatic carbocycles. The molecular weight excluding hydrogens is 324 g/mol. The molecule has 5 nitrogen and oxygen atoms in total. The fourth-order valence-corrected chi connectivity index (χ4v) is 3.29. The minimum Gasteiger partial charge on any atom is -0.311 e. The number of hydrogen-bond acceptors (Lipinski definition) is 3. The van der Waals surface area contributed by atoms with Gasteiger partial charge in [-0.05, 0) is 29.3 Å². The highest BCUT2D eigenvalue weighted by Gasteiger charge is 2.30. The average molecular weight is 339 g/mol. The van der Waals surface area contributed by atoms with Crippen molar-refractivity contribution in [2.24, 2.45) is 0 Å². The standard InChI is InChI=1S/C18H15ClN4O/c19-14-5-1-3-12(7-14)11-23-18-16(10-21-23)15(8-17(24)22-18)13-4-2-6-20-9-13/h1-7,9-10,15H,8,11H2,(H,22,24). The Kier molecular flexibility index (Phi) is 3.78. The molecule has 1 aliphatic rings. The van der Waals surface area contributed by atoms with Crippen LogP contribution in [0.5, 0.6) is 0 Å². The summed E-state index contributed by atoms with van der Waals surface area (Å²) < 4.78 is 1.81. The minimum atomic E-state index is -0.0180. The Hall–Kier alpha value is -2.66. The summed E-state index contributed by atoms with van der Waals surface area (Å²) in [6.07, 6.45) is 5.77. The van der Waals surface area contributed by atoms with E-state index < -0.39 is 0 Å². The lowest BCUT2D eigenvalue weighted by Crippen LogP contribution is -2.25. The molecule has 1 atom stereocenters. The van der Waals surface area contributed by atoms with E-state index in [-0.39, 0.29) is 11.8 Å². The first-order chi connectivity index (χ1) is 11.7. The highest BCUT2D eigenvalue weighted by molar-refractivity contribution is 6.30. The van der Waals surface area contributed by atoms with Gasteiger partial charge in [0.1, 0.15) is 5.82 Å². The van der Waals surface area contributed by atoms with Crippen molar-refractivity contribution in [2.45, 2.75) is 18.9 Å². The summed E-state index contributed by atoms with van der Waals surface area (Å²) >= 11 is 6.05. The zero-order valence-electron chi connectivity index (χ0n) is 12.8. The van der Waals surface area contributed by atoms with Gasteiger partial charge in [-0.15, -0.1) is 0 Å². The van der Waals surface area contributed by atoms with Gasteiger partial charge in [-0.25, -0.2) is 4.68 Å². The van der Waals surface area contributed by atoms with Crippen LogP contribution in [-0.4, -0.2) is 20.7 Å².